The van der Waals surface area contributed by atoms with Crippen molar-refractivity contribution in [2.45, 2.75) is 65.0 Å². The molecule has 0 aliphatic carbocycles. The Balaban J connectivity index is 2.14. The van der Waals surface area contributed by atoms with Crippen LogP contribution in [0.2, 0.25) is 0 Å². The van der Waals surface area contributed by atoms with Crippen molar-refractivity contribution in [3.05, 3.63) is 23.8 Å². The highest BCUT2D eigenvalue weighted by molar-refractivity contribution is 6.02. The van der Waals surface area contributed by atoms with Crippen molar-refractivity contribution >= 4 is 41.4 Å². The SMILES string of the molecule is CC(C[C@H](Cc1ccc2c(c1)NC(=O)CCOCCOCCNC(=O)C#CC(=O)NCCOCCOCCC(=O)O2)NC(=O)OC(C)(C)C)C(=O)O. The molecular weight excluding hydrogens is 684 g/mol. The minimum Gasteiger partial charge on any atom is -0.481 e. The molecule has 1 aromatic rings. The zero-order valence-corrected chi connectivity index (χ0v) is 30.1. The number of amides is 4. The molecule has 1 heterocycles. The first-order valence-electron chi connectivity index (χ1n) is 17.0. The molecule has 52 heavy (non-hydrogen) atoms. The number of anilines is 1. The van der Waals surface area contributed by atoms with Crippen molar-refractivity contribution in [1.29, 1.82) is 0 Å². The highest BCUT2D eigenvalue weighted by Crippen LogP contribution is 2.28. The molecule has 288 valence electrons. The maximum absolute atomic E-state index is 12.9. The first kappa shape index (κ1) is 43.4. The van der Waals surface area contributed by atoms with Gasteiger partial charge >= 0.3 is 18.0 Å². The van der Waals surface area contributed by atoms with Gasteiger partial charge in [0.05, 0.1) is 77.3 Å². The van der Waals surface area contributed by atoms with Crippen LogP contribution in [0.4, 0.5) is 10.5 Å². The van der Waals surface area contributed by atoms with E-state index in [1.54, 1.807) is 32.9 Å². The predicted octanol–water partition coefficient (Wildman–Crippen LogP) is 1.17. The molecule has 2 atom stereocenters. The fourth-order valence-electron chi connectivity index (χ4n) is 4.40. The van der Waals surface area contributed by atoms with Crippen molar-refractivity contribution in [1.82, 2.24) is 16.0 Å². The number of fused-ring (bicyclic) bond motifs is 1. The Bertz CT molecular complexity index is 1420. The number of nitrogens with one attached hydrogen (secondary N) is 4. The van der Waals surface area contributed by atoms with E-state index in [9.17, 15) is 33.9 Å². The number of carbonyl (C=O) groups excluding carboxylic acids is 5. The number of ether oxygens (including phenoxy) is 6. The third kappa shape index (κ3) is 20.2. The lowest BCUT2D eigenvalue weighted by Gasteiger charge is -2.25. The summed E-state index contributed by atoms with van der Waals surface area (Å²) in [6, 6.07) is 4.09. The number of hydrogen-bond donors (Lipinski definition) is 5. The summed E-state index contributed by atoms with van der Waals surface area (Å²) in [5.74, 6) is 0.300. The topological polar surface area (TPSA) is 226 Å². The summed E-state index contributed by atoms with van der Waals surface area (Å²) in [6.45, 7) is 8.14. The number of alkyl carbamates (subject to hydrolysis) is 1. The van der Waals surface area contributed by atoms with Gasteiger partial charge in [-0.05, 0) is 51.3 Å². The lowest BCUT2D eigenvalue weighted by molar-refractivity contribution is -0.141. The van der Waals surface area contributed by atoms with Crippen LogP contribution in [0.3, 0.4) is 0 Å². The minimum absolute atomic E-state index is 0.0250. The Morgan fingerprint density at radius 2 is 1.42 bits per heavy atom. The normalized spacial score (nSPS) is 18.2. The molecule has 1 unspecified atom stereocenters. The van der Waals surface area contributed by atoms with Gasteiger partial charge < -0.3 is 54.8 Å². The van der Waals surface area contributed by atoms with Gasteiger partial charge in [0.2, 0.25) is 5.91 Å². The van der Waals surface area contributed by atoms with Gasteiger partial charge in [-0.1, -0.05) is 13.0 Å². The van der Waals surface area contributed by atoms with Crippen LogP contribution in [0.1, 0.15) is 52.5 Å². The molecule has 2 rings (SSSR count). The lowest BCUT2D eigenvalue weighted by atomic mass is 9.96. The van der Waals surface area contributed by atoms with Crippen LogP contribution in [0.5, 0.6) is 5.75 Å². The van der Waals surface area contributed by atoms with Gasteiger partial charge in [0.25, 0.3) is 11.8 Å². The van der Waals surface area contributed by atoms with E-state index in [2.05, 4.69) is 33.1 Å². The average Bonchev–Trinajstić information content (AvgIpc) is 3.05. The lowest BCUT2D eigenvalue weighted by Crippen LogP contribution is -2.41. The van der Waals surface area contributed by atoms with Crippen LogP contribution >= 0.6 is 0 Å². The number of carboxylic acid groups (broad SMARTS) is 1. The minimum atomic E-state index is -1.03. The summed E-state index contributed by atoms with van der Waals surface area (Å²) in [7, 11) is 0. The van der Waals surface area contributed by atoms with Crippen molar-refractivity contribution in [2.75, 3.05) is 71.3 Å². The maximum Gasteiger partial charge on any atom is 0.407 e. The van der Waals surface area contributed by atoms with Gasteiger partial charge in [0.15, 0.2) is 5.75 Å². The molecule has 0 saturated heterocycles. The van der Waals surface area contributed by atoms with Gasteiger partial charge in [-0.15, -0.1) is 0 Å². The van der Waals surface area contributed by atoms with Crippen LogP contribution in [0.25, 0.3) is 0 Å². The molecule has 0 bridgehead atoms. The average molecular weight is 735 g/mol. The summed E-state index contributed by atoms with van der Waals surface area (Å²) in [5, 5.41) is 20.0. The third-order valence-electron chi connectivity index (χ3n) is 6.83. The summed E-state index contributed by atoms with van der Waals surface area (Å²) >= 11 is 0. The predicted molar refractivity (Wildman–Crippen MR) is 185 cm³/mol. The number of carbonyl (C=O) groups is 6. The molecule has 5 N–H and O–H groups in total. The van der Waals surface area contributed by atoms with E-state index in [-0.39, 0.29) is 103 Å². The Morgan fingerprint density at radius 3 is 1.98 bits per heavy atom. The van der Waals surface area contributed by atoms with Gasteiger partial charge in [-0.25, -0.2) is 4.79 Å². The van der Waals surface area contributed by atoms with Crippen molar-refractivity contribution in [3.8, 4) is 17.6 Å². The maximum atomic E-state index is 12.9. The van der Waals surface area contributed by atoms with E-state index in [1.165, 1.54) is 13.0 Å². The monoisotopic (exact) mass is 734 g/mol. The number of rotatable bonds is 6. The molecule has 0 spiro atoms. The van der Waals surface area contributed by atoms with Crippen LogP contribution < -0.4 is 26.0 Å². The number of aliphatic carboxylic acids is 1. The largest absolute Gasteiger partial charge is 0.481 e. The van der Waals surface area contributed by atoms with E-state index in [4.69, 9.17) is 28.4 Å². The molecule has 1 aromatic carbocycles. The molecule has 1 aliphatic heterocycles. The Kier molecular flexibility index (Phi) is 19.8. The molecule has 17 nitrogen and oxygen atoms in total. The Morgan fingerprint density at radius 1 is 0.865 bits per heavy atom. The summed E-state index contributed by atoms with van der Waals surface area (Å²) in [4.78, 5) is 73.3. The second-order valence-corrected chi connectivity index (χ2v) is 12.6. The zero-order valence-electron chi connectivity index (χ0n) is 30.1. The summed E-state index contributed by atoms with van der Waals surface area (Å²) in [6.07, 6.45) is -0.588. The number of esters is 1. The van der Waals surface area contributed by atoms with Crippen LogP contribution in [-0.4, -0.2) is 118 Å². The number of carboxylic acids is 1. The molecule has 0 radical (unpaired) electrons. The summed E-state index contributed by atoms with van der Waals surface area (Å²) in [5.41, 5.74) is 0.0217. The second-order valence-electron chi connectivity index (χ2n) is 12.6. The fraction of sp³-hybridized carbons (Fsp3) is 0.600. The van der Waals surface area contributed by atoms with E-state index < -0.39 is 53.3 Å². The molecule has 0 aromatic heterocycles. The Labute approximate surface area is 303 Å². The smallest absolute Gasteiger partial charge is 0.407 e. The zero-order chi connectivity index (χ0) is 38.4. The van der Waals surface area contributed by atoms with E-state index >= 15 is 0 Å². The van der Waals surface area contributed by atoms with E-state index in [0.717, 1.165) is 0 Å². The first-order chi connectivity index (χ1) is 24.7. The molecule has 1 aliphatic rings. The van der Waals surface area contributed by atoms with E-state index in [1.807, 2.05) is 0 Å². The quantitative estimate of drug-likeness (QED) is 0.157. The van der Waals surface area contributed by atoms with Gasteiger partial charge in [-0.3, -0.25) is 24.0 Å². The first-order valence-corrected chi connectivity index (χ1v) is 17.0. The number of benzene rings is 1. The Hall–Kier alpha value is -4.76. The molecule has 4 amide bonds. The standard InChI is InChI=1S/C35H50N4O13/c1-24(33(44)45)21-26(38-34(46)52-35(2,3)4)22-25-5-6-28-27(23-25)39-31(42)9-13-47-17-19-49-15-11-36-29(40)7-8-30(41)37-12-16-50-20-18-48-14-10-32(43)51-28/h5-6,23-24,26H,9-22H2,1-4H3,(H,36,40)(H,37,41)(H,38,46)(H,39,42)(H,44,45)/t24?,26-/m1/s1. The van der Waals surface area contributed by atoms with Gasteiger partial charge in [-0.2, -0.15) is 0 Å². The molecular formula is C35H50N4O13. The van der Waals surface area contributed by atoms with E-state index in [0.29, 0.717) is 5.56 Å². The number of hydrogen-bond acceptors (Lipinski definition) is 12. The molecule has 0 fully saturated rings. The van der Waals surface area contributed by atoms with Gasteiger partial charge in [0.1, 0.15) is 5.60 Å². The van der Waals surface area contributed by atoms with Crippen LogP contribution in [-0.2, 0) is 54.1 Å². The fourth-order valence-corrected chi connectivity index (χ4v) is 4.40. The highest BCUT2D eigenvalue weighted by Gasteiger charge is 2.24. The van der Waals surface area contributed by atoms with Crippen LogP contribution in [0.15, 0.2) is 18.2 Å². The summed E-state index contributed by atoms with van der Waals surface area (Å²) < 4.78 is 32.6. The third-order valence-corrected chi connectivity index (χ3v) is 6.83. The molecule has 17 heteroatoms. The molecule has 0 saturated carbocycles. The van der Waals surface area contributed by atoms with Crippen molar-refractivity contribution in [2.24, 2.45) is 5.92 Å². The van der Waals surface area contributed by atoms with Crippen molar-refractivity contribution < 1.29 is 62.3 Å². The van der Waals surface area contributed by atoms with Crippen molar-refractivity contribution in [3.63, 3.8) is 0 Å². The second kappa shape index (κ2) is 23.7. The highest BCUT2D eigenvalue weighted by atomic mass is 16.6. The van der Waals surface area contributed by atoms with Crippen LogP contribution in [0, 0.1) is 17.8 Å². The van der Waals surface area contributed by atoms with Gasteiger partial charge in [0, 0.05) is 31.0 Å².